The van der Waals surface area contributed by atoms with Gasteiger partial charge >= 0.3 is 18.1 Å². The predicted molar refractivity (Wildman–Crippen MR) is 182 cm³/mol. The second kappa shape index (κ2) is 17.0. The van der Waals surface area contributed by atoms with Crippen molar-refractivity contribution in [3.8, 4) is 0 Å². The van der Waals surface area contributed by atoms with E-state index < -0.39 is 72.8 Å². The summed E-state index contributed by atoms with van der Waals surface area (Å²) in [7, 11) is 0. The van der Waals surface area contributed by atoms with Crippen LogP contribution >= 0.6 is 0 Å². The Labute approximate surface area is 302 Å². The fourth-order valence-corrected chi connectivity index (χ4v) is 5.91. The van der Waals surface area contributed by atoms with E-state index in [1.54, 1.807) is 48.5 Å². The number of carbonyl (C=O) groups excluding carboxylic acids is 4. The Balaban J connectivity index is 1.48. The molecule has 15 heteroatoms. The average Bonchev–Trinajstić information content (AvgIpc) is 3.56. The summed E-state index contributed by atoms with van der Waals surface area (Å²) in [6.07, 6.45) is -6.08. The second-order valence-electron chi connectivity index (χ2n) is 12.2. The molecule has 53 heavy (non-hydrogen) atoms. The highest BCUT2D eigenvalue weighted by Gasteiger charge is 2.55. The maximum atomic E-state index is 13.8. The van der Waals surface area contributed by atoms with Crippen LogP contribution in [0.15, 0.2) is 103 Å². The van der Waals surface area contributed by atoms with Gasteiger partial charge < -0.3 is 39.8 Å². The molecule has 5 rings (SSSR count). The number of nitrogens with one attached hydrogen (secondary N) is 2. The van der Waals surface area contributed by atoms with Crippen LogP contribution in [0.5, 0.6) is 0 Å². The maximum absolute atomic E-state index is 13.8. The number of carbonyl (C=O) groups is 4. The Morgan fingerprint density at radius 3 is 2.19 bits per heavy atom. The number of hydrogen-bond acceptors (Lipinski definition) is 10. The fraction of sp³-hybridized carbons (Fsp3) is 0.316. The van der Waals surface area contributed by atoms with Crippen molar-refractivity contribution in [2.75, 3.05) is 19.8 Å². The third kappa shape index (κ3) is 9.56. The van der Waals surface area contributed by atoms with Gasteiger partial charge in [0.25, 0.3) is 0 Å². The predicted octanol–water partition coefficient (Wildman–Crippen LogP) is 3.32. The molecule has 1 fully saturated rings. The van der Waals surface area contributed by atoms with Crippen LogP contribution in [-0.2, 0) is 39.1 Å². The highest BCUT2D eigenvalue weighted by molar-refractivity contribution is 5.98. The normalized spacial score (nSPS) is 20.4. The van der Waals surface area contributed by atoms with Gasteiger partial charge in [0.2, 0.25) is 17.6 Å². The first kappa shape index (κ1) is 38.9. The molecule has 1 aliphatic heterocycles. The van der Waals surface area contributed by atoms with Gasteiger partial charge in [-0.3, -0.25) is 9.59 Å². The molecule has 5 atom stereocenters. The smallest absolute Gasteiger partial charge is 0.422 e. The second-order valence-corrected chi connectivity index (χ2v) is 12.2. The molecular weight excluding hydrogens is 701 g/mol. The van der Waals surface area contributed by atoms with Gasteiger partial charge in [-0.05, 0) is 30.7 Å². The van der Waals surface area contributed by atoms with E-state index in [1.165, 1.54) is 37.3 Å². The first-order valence-corrected chi connectivity index (χ1v) is 16.6. The molecule has 3 aromatic rings. The summed E-state index contributed by atoms with van der Waals surface area (Å²) in [5.74, 6) is -5.22. The topological polar surface area (TPSA) is 170 Å². The molecule has 0 aromatic heterocycles. The van der Waals surface area contributed by atoms with Crippen molar-refractivity contribution < 1.29 is 61.5 Å². The van der Waals surface area contributed by atoms with Crippen molar-refractivity contribution in [3.05, 3.63) is 125 Å². The number of ether oxygens (including phenoxy) is 4. The summed E-state index contributed by atoms with van der Waals surface area (Å²) in [5.41, 5.74) is 1.32. The molecular formula is C38H37F3N2O10. The van der Waals surface area contributed by atoms with Gasteiger partial charge in [-0.25, -0.2) is 9.59 Å². The molecule has 1 aliphatic carbocycles. The monoisotopic (exact) mass is 738 g/mol. The molecule has 2 aliphatic rings. The Bertz CT molecular complexity index is 1790. The lowest BCUT2D eigenvalue weighted by molar-refractivity contribution is -0.182. The Kier molecular flexibility index (Phi) is 12.5. The summed E-state index contributed by atoms with van der Waals surface area (Å²) in [5, 5.41) is 24.3. The molecule has 2 amide bonds. The van der Waals surface area contributed by atoms with Crippen LogP contribution in [0.25, 0.3) is 6.08 Å². The van der Waals surface area contributed by atoms with E-state index in [2.05, 4.69) is 15.4 Å². The number of halogens is 3. The van der Waals surface area contributed by atoms with E-state index in [0.29, 0.717) is 11.1 Å². The van der Waals surface area contributed by atoms with Crippen molar-refractivity contribution in [2.45, 2.75) is 55.8 Å². The molecule has 1 heterocycles. The molecule has 280 valence electrons. The molecule has 0 bridgehead atoms. The highest BCUT2D eigenvalue weighted by atomic mass is 19.4. The first-order chi connectivity index (χ1) is 25.3. The zero-order chi connectivity index (χ0) is 38.2. The van der Waals surface area contributed by atoms with E-state index in [0.717, 1.165) is 12.2 Å². The number of esters is 2. The number of rotatable bonds is 13. The van der Waals surface area contributed by atoms with E-state index in [4.69, 9.17) is 19.3 Å². The van der Waals surface area contributed by atoms with Gasteiger partial charge in [-0.15, -0.1) is 0 Å². The lowest BCUT2D eigenvalue weighted by Crippen LogP contribution is -2.54. The largest absolute Gasteiger partial charge is 0.456 e. The number of amides is 2. The van der Waals surface area contributed by atoms with Crippen molar-refractivity contribution in [1.82, 2.24) is 10.6 Å². The maximum Gasteiger partial charge on any atom is 0.422 e. The third-order valence-electron chi connectivity index (χ3n) is 8.36. The van der Waals surface area contributed by atoms with E-state index in [1.807, 2.05) is 12.1 Å². The van der Waals surface area contributed by atoms with Gasteiger partial charge in [0.05, 0.1) is 18.3 Å². The van der Waals surface area contributed by atoms with Crippen LogP contribution in [0, 0.1) is 0 Å². The van der Waals surface area contributed by atoms with E-state index in [9.17, 15) is 37.5 Å². The minimum absolute atomic E-state index is 0.0470. The number of fused-ring (bicyclic) bond motifs is 1. The van der Waals surface area contributed by atoms with Gasteiger partial charge in [0.15, 0.2) is 6.61 Å². The molecule has 0 radical (unpaired) electrons. The number of aliphatic hydroxyl groups excluding tert-OH is 2. The quantitative estimate of drug-likeness (QED) is 0.151. The minimum atomic E-state index is -4.72. The molecule has 12 nitrogen and oxygen atoms in total. The number of hydrogen-bond donors (Lipinski definition) is 4. The third-order valence-corrected chi connectivity index (χ3v) is 8.36. The highest BCUT2D eigenvalue weighted by Crippen LogP contribution is 2.47. The van der Waals surface area contributed by atoms with Gasteiger partial charge in [0.1, 0.15) is 24.4 Å². The van der Waals surface area contributed by atoms with Crippen molar-refractivity contribution in [3.63, 3.8) is 0 Å². The summed E-state index contributed by atoms with van der Waals surface area (Å²) < 4.78 is 61.1. The fourth-order valence-electron chi connectivity index (χ4n) is 5.91. The van der Waals surface area contributed by atoms with Crippen LogP contribution < -0.4 is 10.6 Å². The summed E-state index contributed by atoms with van der Waals surface area (Å²) in [6.45, 7) is -0.950. The van der Waals surface area contributed by atoms with Crippen molar-refractivity contribution in [2.24, 2.45) is 0 Å². The lowest BCUT2D eigenvalue weighted by Gasteiger charge is -2.32. The van der Waals surface area contributed by atoms with Crippen LogP contribution in [0.2, 0.25) is 0 Å². The number of alkyl halides is 3. The van der Waals surface area contributed by atoms with E-state index in [-0.39, 0.29) is 36.3 Å². The molecule has 0 saturated carbocycles. The molecule has 0 unspecified atom stereocenters. The number of benzene rings is 3. The van der Waals surface area contributed by atoms with Crippen LogP contribution in [0.3, 0.4) is 0 Å². The van der Waals surface area contributed by atoms with Crippen LogP contribution in [0.1, 0.15) is 40.4 Å². The molecule has 1 saturated heterocycles. The van der Waals surface area contributed by atoms with E-state index >= 15 is 0 Å². The van der Waals surface area contributed by atoms with Crippen LogP contribution in [0.4, 0.5) is 13.2 Å². The molecule has 3 aromatic carbocycles. The zero-order valence-corrected chi connectivity index (χ0v) is 28.3. The van der Waals surface area contributed by atoms with Gasteiger partial charge in [0, 0.05) is 35.7 Å². The SMILES string of the molecule is C[C@H](O)[C@@H](NC(=O)C1=C[C@H]2OC(c3ccccc3)(c3ccccc3)O[C@H]2[C@H](OC(=O)c2ccccc2C=CC(=O)OCC(F)(F)F)C1)C(=O)NCCO. The van der Waals surface area contributed by atoms with Gasteiger partial charge in [-0.2, -0.15) is 13.2 Å². The number of aliphatic hydroxyl groups is 2. The summed E-state index contributed by atoms with van der Waals surface area (Å²) in [6, 6.07) is 22.5. The van der Waals surface area contributed by atoms with Crippen LogP contribution in [-0.4, -0.2) is 90.4 Å². The average molecular weight is 739 g/mol. The first-order valence-electron chi connectivity index (χ1n) is 16.6. The van der Waals surface area contributed by atoms with Crippen molar-refractivity contribution in [1.29, 1.82) is 0 Å². The lowest BCUT2D eigenvalue weighted by atomic mass is 9.91. The van der Waals surface area contributed by atoms with Gasteiger partial charge in [-0.1, -0.05) is 78.9 Å². The Morgan fingerprint density at radius 1 is 0.962 bits per heavy atom. The summed E-state index contributed by atoms with van der Waals surface area (Å²) in [4.78, 5) is 52.2. The summed E-state index contributed by atoms with van der Waals surface area (Å²) >= 11 is 0. The minimum Gasteiger partial charge on any atom is -0.456 e. The standard InChI is InChI=1S/C38H37F3N2O10/c1-23(45)32(35(48)42-18-19-44)43-34(47)25-20-29(51-36(49)28-15-9-8-10-24(28)16-17-31(46)50-22-37(39,40)41)33-30(21-25)52-38(53-33,26-11-4-2-5-12-26)27-13-6-3-7-14-27/h2-17,21,23,29-30,32-33,44-45H,18-20,22H2,1H3,(H,42,48)(H,43,47)/t23-,29+,30+,32+,33-/m0/s1. The zero-order valence-electron chi connectivity index (χ0n) is 28.3. The molecule has 4 N–H and O–H groups in total. The Hall–Kier alpha value is -5.35. The molecule has 0 spiro atoms. The Morgan fingerprint density at radius 2 is 1.58 bits per heavy atom. The van der Waals surface area contributed by atoms with Crippen molar-refractivity contribution >= 4 is 29.8 Å².